The summed E-state index contributed by atoms with van der Waals surface area (Å²) in [5.41, 5.74) is 18.6. The summed E-state index contributed by atoms with van der Waals surface area (Å²) in [6.45, 7) is 6.25. The van der Waals surface area contributed by atoms with Crippen LogP contribution in [-0.2, 0) is 22.6 Å². The number of nitrogens with one attached hydrogen (secondary N) is 2. The normalized spacial score (nSPS) is 22.8. The Morgan fingerprint density at radius 3 is 2.55 bits per heavy atom. The maximum Gasteiger partial charge on any atom is 0.255 e. The minimum absolute atomic E-state index is 0.131. The van der Waals surface area contributed by atoms with Crippen molar-refractivity contribution in [3.05, 3.63) is 100 Å². The van der Waals surface area contributed by atoms with E-state index in [1.54, 1.807) is 23.1 Å². The van der Waals surface area contributed by atoms with E-state index in [4.69, 9.17) is 21.4 Å². The summed E-state index contributed by atoms with van der Waals surface area (Å²) in [4.78, 5) is 55.3. The number of rotatable bonds is 8. The molecule has 5 aliphatic rings. The van der Waals surface area contributed by atoms with Crippen molar-refractivity contribution in [1.29, 1.82) is 0 Å². The average molecular weight is 719 g/mol. The molecule has 6 heterocycles. The molecule has 276 valence electrons. The molecule has 2 unspecified atom stereocenters. The summed E-state index contributed by atoms with van der Waals surface area (Å²) in [6.07, 6.45) is 9.43. The van der Waals surface area contributed by atoms with E-state index in [-0.39, 0.29) is 35.9 Å². The molecule has 5 aliphatic heterocycles. The maximum atomic E-state index is 13.1. The average Bonchev–Trinajstić information content (AvgIpc) is 3.50. The highest BCUT2D eigenvalue weighted by Crippen LogP contribution is 2.31. The van der Waals surface area contributed by atoms with E-state index in [2.05, 4.69) is 31.4 Å². The van der Waals surface area contributed by atoms with Crippen LogP contribution in [0.25, 0.3) is 5.70 Å². The number of imide groups is 1. The number of benzene rings is 2. The molecule has 0 bridgehead atoms. The molecule has 2 aromatic carbocycles. The zero-order valence-electron chi connectivity index (χ0n) is 29.7. The van der Waals surface area contributed by atoms with Crippen molar-refractivity contribution >= 4 is 29.4 Å². The Balaban J connectivity index is 0.818. The topological polar surface area (TPSA) is 186 Å². The number of aromatic nitrogens is 2. The lowest BCUT2D eigenvalue weighted by Gasteiger charge is -2.46. The van der Waals surface area contributed by atoms with Gasteiger partial charge in [0.1, 0.15) is 17.6 Å². The van der Waals surface area contributed by atoms with Crippen LogP contribution in [0.15, 0.2) is 72.5 Å². The molecule has 0 aliphatic carbocycles. The van der Waals surface area contributed by atoms with Crippen molar-refractivity contribution in [3.63, 3.8) is 0 Å². The number of carbonyl (C=O) groups is 3. The Kier molecular flexibility index (Phi) is 9.37. The first-order chi connectivity index (χ1) is 25.7. The van der Waals surface area contributed by atoms with E-state index in [0.29, 0.717) is 48.1 Å². The number of aromatic hydroxyl groups is 1. The molecule has 1 aromatic heterocycles. The first kappa shape index (κ1) is 34.5. The summed E-state index contributed by atoms with van der Waals surface area (Å²) in [5, 5.41) is 16.0. The molecule has 3 saturated heterocycles. The van der Waals surface area contributed by atoms with Gasteiger partial charge < -0.3 is 41.5 Å². The summed E-state index contributed by atoms with van der Waals surface area (Å²) in [5.74, 6) is 1.05. The first-order valence-electron chi connectivity index (χ1n) is 18.5. The van der Waals surface area contributed by atoms with Crippen molar-refractivity contribution in [2.75, 3.05) is 50.7 Å². The lowest BCUT2D eigenvalue weighted by atomic mass is 9.91. The lowest BCUT2D eigenvalue weighted by Crippen LogP contribution is -2.59. The summed E-state index contributed by atoms with van der Waals surface area (Å²) < 4.78 is 0. The van der Waals surface area contributed by atoms with Gasteiger partial charge in [-0.15, -0.1) is 0 Å². The van der Waals surface area contributed by atoms with Crippen LogP contribution >= 0.6 is 0 Å². The third kappa shape index (κ3) is 6.98. The minimum atomic E-state index is -0.595. The number of anilines is 1. The lowest BCUT2D eigenvalue weighted by molar-refractivity contribution is -0.136. The Bertz CT molecular complexity index is 1970. The van der Waals surface area contributed by atoms with Crippen LogP contribution in [0.4, 0.5) is 5.95 Å². The van der Waals surface area contributed by atoms with E-state index < -0.39 is 6.04 Å². The highest BCUT2D eigenvalue weighted by Gasteiger charge is 2.39. The number of hydrogen-bond donors (Lipinski definition) is 5. The van der Waals surface area contributed by atoms with Crippen molar-refractivity contribution in [3.8, 4) is 5.75 Å². The largest absolute Gasteiger partial charge is 0.507 e. The van der Waals surface area contributed by atoms with Gasteiger partial charge in [0, 0.05) is 74.9 Å². The zero-order valence-corrected chi connectivity index (χ0v) is 29.7. The molecule has 53 heavy (non-hydrogen) atoms. The molecule has 14 heteroatoms. The maximum absolute atomic E-state index is 13.1. The van der Waals surface area contributed by atoms with Gasteiger partial charge in [0.25, 0.3) is 5.91 Å². The van der Waals surface area contributed by atoms with E-state index in [0.717, 1.165) is 75.7 Å². The number of para-hydroxylation sites is 1. The third-order valence-electron chi connectivity index (χ3n) is 11.4. The number of fused-ring (bicyclic) bond motifs is 2. The molecule has 8 rings (SSSR count). The van der Waals surface area contributed by atoms with E-state index in [9.17, 15) is 19.5 Å². The number of likely N-dealkylation sites (tertiary alicyclic amines) is 1. The van der Waals surface area contributed by atoms with Gasteiger partial charge in [0.05, 0.1) is 11.7 Å². The second-order valence-corrected chi connectivity index (χ2v) is 14.7. The van der Waals surface area contributed by atoms with Crippen LogP contribution in [0.5, 0.6) is 5.75 Å². The fourth-order valence-electron chi connectivity index (χ4n) is 8.37. The summed E-state index contributed by atoms with van der Waals surface area (Å²) >= 11 is 0. The van der Waals surface area contributed by atoms with Crippen molar-refractivity contribution < 1.29 is 19.5 Å². The molecule has 3 amide bonds. The van der Waals surface area contributed by atoms with Gasteiger partial charge in [-0.1, -0.05) is 24.3 Å². The number of piperidine rings is 2. The predicted molar refractivity (Wildman–Crippen MR) is 199 cm³/mol. The van der Waals surface area contributed by atoms with Gasteiger partial charge in [-0.2, -0.15) is 0 Å². The molecule has 0 saturated carbocycles. The van der Waals surface area contributed by atoms with Gasteiger partial charge in [-0.25, -0.2) is 9.97 Å². The highest BCUT2D eigenvalue weighted by molar-refractivity contribution is 6.05. The monoisotopic (exact) mass is 718 g/mol. The standard InChI is InChI=1S/C39H46N10O4/c40-31(30-3-1-2-4-34(30)50)18-33-36(41)42-21-28-23-47(15-16-48(28)33)39-43-19-27(20-44-39)25-10-13-46(14-11-25)12-9-24-5-6-29-26(17-24)22-49(38(29)53)32-7-8-35(51)45-37(32)52/h1-6,17-20,25,28,32,42,50H,7-16,21-23,40-41H2,(H,45,51,52)/b31-18-. The van der Waals surface area contributed by atoms with Crippen molar-refractivity contribution in [2.45, 2.75) is 56.7 Å². The van der Waals surface area contributed by atoms with Crippen LogP contribution < -0.4 is 27.0 Å². The Morgan fingerprint density at radius 1 is 0.981 bits per heavy atom. The molecule has 7 N–H and O–H groups in total. The van der Waals surface area contributed by atoms with Crippen molar-refractivity contribution in [1.82, 2.24) is 35.3 Å². The van der Waals surface area contributed by atoms with Gasteiger partial charge in [-0.05, 0) is 85.7 Å². The highest BCUT2D eigenvalue weighted by atomic mass is 16.3. The number of nitrogens with two attached hydrogens (primary N) is 2. The van der Waals surface area contributed by atoms with Crippen LogP contribution in [0.2, 0.25) is 0 Å². The van der Waals surface area contributed by atoms with Gasteiger partial charge in [0.15, 0.2) is 0 Å². The van der Waals surface area contributed by atoms with Gasteiger partial charge in [0.2, 0.25) is 17.8 Å². The fraction of sp³-hybridized carbons (Fsp3) is 0.410. The number of carbonyl (C=O) groups excluding carboxylic acids is 3. The molecule has 2 atom stereocenters. The molecular weight excluding hydrogens is 672 g/mol. The van der Waals surface area contributed by atoms with E-state index >= 15 is 0 Å². The van der Waals surface area contributed by atoms with Crippen LogP contribution in [0.1, 0.15) is 64.2 Å². The number of piperazine rings is 1. The fourth-order valence-corrected chi connectivity index (χ4v) is 8.37. The van der Waals surface area contributed by atoms with Crippen LogP contribution in [0, 0.1) is 0 Å². The Hall–Kier alpha value is -5.63. The first-order valence-corrected chi connectivity index (χ1v) is 18.5. The Morgan fingerprint density at radius 2 is 1.77 bits per heavy atom. The number of phenols is 1. The summed E-state index contributed by atoms with van der Waals surface area (Å²) in [6, 6.07) is 12.6. The smallest absolute Gasteiger partial charge is 0.255 e. The van der Waals surface area contributed by atoms with Gasteiger partial charge in [-0.3, -0.25) is 19.7 Å². The summed E-state index contributed by atoms with van der Waals surface area (Å²) in [7, 11) is 0. The number of hydrogen-bond acceptors (Lipinski definition) is 12. The molecule has 14 nitrogen and oxygen atoms in total. The number of nitrogens with zero attached hydrogens (tertiary/aromatic N) is 6. The Labute approximate surface area is 308 Å². The zero-order chi connectivity index (χ0) is 36.6. The molecular formula is C39H46N10O4. The van der Waals surface area contributed by atoms with E-state index in [1.165, 1.54) is 11.1 Å². The molecule has 0 spiro atoms. The van der Waals surface area contributed by atoms with Crippen molar-refractivity contribution in [2.24, 2.45) is 11.5 Å². The van der Waals surface area contributed by atoms with Gasteiger partial charge >= 0.3 is 0 Å². The van der Waals surface area contributed by atoms with E-state index in [1.807, 2.05) is 36.7 Å². The SMILES string of the molecule is NC1=C(/C=C(\N)c2ccccc2O)N2CCN(c3ncc(C4CCN(CCc5ccc6c(c5)CN(C5CCC(=O)NC5=O)C6=O)CC4)cn3)CC2CN1. The predicted octanol–water partition coefficient (Wildman–Crippen LogP) is 1.59. The molecule has 3 aromatic rings. The minimum Gasteiger partial charge on any atom is -0.507 e. The third-order valence-corrected chi connectivity index (χ3v) is 11.4. The number of allylic oxidation sites excluding steroid dienone is 1. The van der Waals surface area contributed by atoms with Crippen LogP contribution in [0.3, 0.4) is 0 Å². The second-order valence-electron chi connectivity index (χ2n) is 14.7. The molecule has 3 fully saturated rings. The second kappa shape index (κ2) is 14.4. The number of amides is 3. The molecule has 0 radical (unpaired) electrons. The number of phenolic OH excluding ortho intramolecular Hbond substituents is 1. The van der Waals surface area contributed by atoms with Crippen LogP contribution in [-0.4, -0.2) is 105 Å². The quantitative estimate of drug-likeness (QED) is 0.212.